The summed E-state index contributed by atoms with van der Waals surface area (Å²) in [5.41, 5.74) is 0. The molecule has 124 valence electrons. The monoisotopic (exact) mass is 310 g/mol. The molecular formula is C16H26N2O4. The molecule has 22 heavy (non-hydrogen) atoms. The maximum absolute atomic E-state index is 12.0. The van der Waals surface area contributed by atoms with Crippen molar-refractivity contribution in [1.82, 2.24) is 10.6 Å². The number of carboxylic acids is 1. The van der Waals surface area contributed by atoms with E-state index in [9.17, 15) is 14.4 Å². The van der Waals surface area contributed by atoms with Crippen LogP contribution in [0.1, 0.15) is 58.3 Å². The third-order valence-corrected chi connectivity index (χ3v) is 4.51. The van der Waals surface area contributed by atoms with Gasteiger partial charge in [0, 0.05) is 18.4 Å². The Morgan fingerprint density at radius 1 is 1.09 bits per heavy atom. The SMILES string of the molecule is CC(CC(=O)NC(CC1CC1)C(=O)O)NC(=O)C1CCCC1. The lowest BCUT2D eigenvalue weighted by Crippen LogP contribution is -2.44. The summed E-state index contributed by atoms with van der Waals surface area (Å²) in [5, 5.41) is 14.6. The van der Waals surface area contributed by atoms with E-state index in [0.717, 1.165) is 38.5 Å². The van der Waals surface area contributed by atoms with E-state index in [1.54, 1.807) is 6.92 Å². The van der Waals surface area contributed by atoms with Crippen molar-refractivity contribution in [3.8, 4) is 0 Å². The summed E-state index contributed by atoms with van der Waals surface area (Å²) in [6, 6.07) is -1.08. The zero-order valence-corrected chi connectivity index (χ0v) is 13.1. The molecule has 0 heterocycles. The van der Waals surface area contributed by atoms with Gasteiger partial charge in [-0.25, -0.2) is 4.79 Å². The lowest BCUT2D eigenvalue weighted by molar-refractivity contribution is -0.142. The Kier molecular flexibility index (Phi) is 5.80. The van der Waals surface area contributed by atoms with Crippen LogP contribution in [0, 0.1) is 11.8 Å². The second-order valence-electron chi connectivity index (χ2n) is 6.73. The van der Waals surface area contributed by atoms with E-state index >= 15 is 0 Å². The molecule has 2 aliphatic rings. The zero-order valence-electron chi connectivity index (χ0n) is 13.1. The molecule has 2 rings (SSSR count). The minimum Gasteiger partial charge on any atom is -0.480 e. The number of aliphatic carboxylic acids is 1. The van der Waals surface area contributed by atoms with Crippen LogP contribution in [0.15, 0.2) is 0 Å². The number of carbonyl (C=O) groups is 3. The average molecular weight is 310 g/mol. The molecule has 2 fully saturated rings. The van der Waals surface area contributed by atoms with Crippen molar-refractivity contribution >= 4 is 17.8 Å². The molecule has 0 bridgehead atoms. The van der Waals surface area contributed by atoms with Gasteiger partial charge in [0.25, 0.3) is 0 Å². The molecule has 0 aromatic rings. The molecule has 3 N–H and O–H groups in total. The van der Waals surface area contributed by atoms with Crippen LogP contribution in [-0.4, -0.2) is 35.0 Å². The number of carboxylic acid groups (broad SMARTS) is 1. The fourth-order valence-corrected chi connectivity index (χ4v) is 3.04. The van der Waals surface area contributed by atoms with Crippen molar-refractivity contribution in [3.63, 3.8) is 0 Å². The summed E-state index contributed by atoms with van der Waals surface area (Å²) in [6.07, 6.45) is 6.75. The molecule has 0 aromatic heterocycles. The molecule has 0 aromatic carbocycles. The van der Waals surface area contributed by atoms with Gasteiger partial charge < -0.3 is 15.7 Å². The molecule has 0 spiro atoms. The molecule has 6 nitrogen and oxygen atoms in total. The van der Waals surface area contributed by atoms with Crippen LogP contribution in [0.2, 0.25) is 0 Å². The Morgan fingerprint density at radius 3 is 2.27 bits per heavy atom. The van der Waals surface area contributed by atoms with E-state index in [1.165, 1.54) is 0 Å². The maximum atomic E-state index is 12.0. The first-order chi connectivity index (χ1) is 10.5. The van der Waals surface area contributed by atoms with Gasteiger partial charge >= 0.3 is 5.97 Å². The number of hydrogen-bond acceptors (Lipinski definition) is 3. The first-order valence-electron chi connectivity index (χ1n) is 8.28. The van der Waals surface area contributed by atoms with E-state index in [2.05, 4.69) is 10.6 Å². The summed E-state index contributed by atoms with van der Waals surface area (Å²) in [4.78, 5) is 35.1. The first-order valence-corrected chi connectivity index (χ1v) is 8.28. The number of carbonyl (C=O) groups excluding carboxylic acids is 2. The molecular weight excluding hydrogens is 284 g/mol. The fraction of sp³-hybridized carbons (Fsp3) is 0.812. The van der Waals surface area contributed by atoms with Gasteiger partial charge in [0.1, 0.15) is 6.04 Å². The number of amides is 2. The minimum atomic E-state index is -0.983. The molecule has 0 saturated heterocycles. The Bertz CT molecular complexity index is 428. The van der Waals surface area contributed by atoms with Crippen molar-refractivity contribution < 1.29 is 19.5 Å². The predicted octanol–water partition coefficient (Wildman–Crippen LogP) is 1.44. The van der Waals surface area contributed by atoms with E-state index < -0.39 is 12.0 Å². The van der Waals surface area contributed by atoms with Crippen LogP contribution in [0.25, 0.3) is 0 Å². The van der Waals surface area contributed by atoms with Crippen LogP contribution >= 0.6 is 0 Å². The fourth-order valence-electron chi connectivity index (χ4n) is 3.04. The van der Waals surface area contributed by atoms with E-state index in [4.69, 9.17) is 5.11 Å². The van der Waals surface area contributed by atoms with Gasteiger partial charge in [-0.2, -0.15) is 0 Å². The largest absolute Gasteiger partial charge is 0.480 e. The number of nitrogens with one attached hydrogen (secondary N) is 2. The van der Waals surface area contributed by atoms with E-state index in [0.29, 0.717) is 12.3 Å². The lowest BCUT2D eigenvalue weighted by Gasteiger charge is -2.19. The molecule has 0 radical (unpaired) electrons. The van der Waals surface area contributed by atoms with Gasteiger partial charge in [0.2, 0.25) is 11.8 Å². The van der Waals surface area contributed by atoms with Crippen LogP contribution in [0.5, 0.6) is 0 Å². The summed E-state index contributed by atoms with van der Waals surface area (Å²) in [7, 11) is 0. The minimum absolute atomic E-state index is 0.0190. The normalized spacial score (nSPS) is 21.1. The average Bonchev–Trinajstić information content (AvgIpc) is 3.07. The summed E-state index contributed by atoms with van der Waals surface area (Å²) in [6.45, 7) is 1.78. The van der Waals surface area contributed by atoms with E-state index in [-0.39, 0.29) is 30.2 Å². The van der Waals surface area contributed by atoms with Crippen LogP contribution < -0.4 is 10.6 Å². The van der Waals surface area contributed by atoms with Gasteiger partial charge in [-0.1, -0.05) is 25.7 Å². The van der Waals surface area contributed by atoms with Crippen LogP contribution in [0.4, 0.5) is 0 Å². The molecule has 2 saturated carbocycles. The van der Waals surface area contributed by atoms with Crippen molar-refractivity contribution in [2.24, 2.45) is 11.8 Å². The Labute approximate surface area is 131 Å². The molecule has 2 aliphatic carbocycles. The molecule has 0 aliphatic heterocycles. The Morgan fingerprint density at radius 2 is 1.73 bits per heavy atom. The second kappa shape index (κ2) is 7.61. The Hall–Kier alpha value is -1.59. The van der Waals surface area contributed by atoms with E-state index in [1.807, 2.05) is 0 Å². The molecule has 6 heteroatoms. The van der Waals surface area contributed by atoms with Gasteiger partial charge in [0.15, 0.2) is 0 Å². The lowest BCUT2D eigenvalue weighted by atomic mass is 10.1. The molecule has 2 amide bonds. The molecule has 2 unspecified atom stereocenters. The topological polar surface area (TPSA) is 95.5 Å². The van der Waals surface area contributed by atoms with Crippen LogP contribution in [0.3, 0.4) is 0 Å². The van der Waals surface area contributed by atoms with Crippen molar-refractivity contribution in [1.29, 1.82) is 0 Å². The van der Waals surface area contributed by atoms with Gasteiger partial charge in [-0.3, -0.25) is 9.59 Å². The standard InChI is InChI=1S/C16H26N2O4/c1-10(17-15(20)12-4-2-3-5-12)8-14(19)18-13(16(21)22)9-11-6-7-11/h10-13H,2-9H2,1H3,(H,17,20)(H,18,19)(H,21,22). The quantitative estimate of drug-likeness (QED) is 0.632. The summed E-state index contributed by atoms with van der Waals surface area (Å²) < 4.78 is 0. The van der Waals surface area contributed by atoms with Crippen LogP contribution in [-0.2, 0) is 14.4 Å². The van der Waals surface area contributed by atoms with Gasteiger partial charge in [0.05, 0.1) is 0 Å². The third-order valence-electron chi connectivity index (χ3n) is 4.51. The highest BCUT2D eigenvalue weighted by atomic mass is 16.4. The van der Waals surface area contributed by atoms with Crippen molar-refractivity contribution in [2.75, 3.05) is 0 Å². The summed E-state index contributed by atoms with van der Waals surface area (Å²) >= 11 is 0. The predicted molar refractivity (Wildman–Crippen MR) is 81.1 cm³/mol. The first kappa shape index (κ1) is 16.8. The molecule has 2 atom stereocenters. The number of rotatable bonds is 8. The van der Waals surface area contributed by atoms with Crippen molar-refractivity contribution in [2.45, 2.75) is 70.4 Å². The third kappa shape index (κ3) is 5.31. The Balaban J connectivity index is 1.72. The van der Waals surface area contributed by atoms with Gasteiger partial charge in [-0.15, -0.1) is 0 Å². The highest BCUT2D eigenvalue weighted by Crippen LogP contribution is 2.33. The maximum Gasteiger partial charge on any atom is 0.326 e. The smallest absolute Gasteiger partial charge is 0.326 e. The van der Waals surface area contributed by atoms with Gasteiger partial charge in [-0.05, 0) is 32.1 Å². The number of hydrogen-bond donors (Lipinski definition) is 3. The second-order valence-corrected chi connectivity index (χ2v) is 6.73. The van der Waals surface area contributed by atoms with Crippen molar-refractivity contribution in [3.05, 3.63) is 0 Å². The highest BCUT2D eigenvalue weighted by molar-refractivity contribution is 5.84. The summed E-state index contributed by atoms with van der Waals surface area (Å²) in [5.74, 6) is -0.770. The zero-order chi connectivity index (χ0) is 16.1. The highest BCUT2D eigenvalue weighted by Gasteiger charge is 2.30.